The molecule has 2 aliphatic heterocycles. The number of methoxy groups -OCH3 is 1. The summed E-state index contributed by atoms with van der Waals surface area (Å²) in [4.78, 5) is 2.65. The van der Waals surface area contributed by atoms with E-state index in [-0.39, 0.29) is 22.5 Å². The highest BCUT2D eigenvalue weighted by atomic mass is 16.6. The fourth-order valence-electron chi connectivity index (χ4n) is 9.11. The van der Waals surface area contributed by atoms with Crippen LogP contribution in [0.4, 0.5) is 0 Å². The largest absolute Gasteiger partial charge is 0.485 e. The molecule has 2 aromatic rings. The van der Waals surface area contributed by atoms with E-state index in [2.05, 4.69) is 61.0 Å². The highest BCUT2D eigenvalue weighted by Crippen LogP contribution is 2.76. The summed E-state index contributed by atoms with van der Waals surface area (Å²) in [5.74, 6) is 1.42. The van der Waals surface area contributed by atoms with E-state index in [1.165, 1.54) is 23.1 Å². The zero-order valence-corrected chi connectivity index (χ0v) is 20.4. The molecule has 6 aliphatic rings. The summed E-state index contributed by atoms with van der Waals surface area (Å²) in [7, 11) is 4.25. The zero-order valence-electron chi connectivity index (χ0n) is 20.4. The van der Waals surface area contributed by atoms with E-state index in [9.17, 15) is 0 Å². The molecule has 0 aromatic heterocycles. The Hall–Kier alpha value is -2.14. The Labute approximate surface area is 202 Å². The third kappa shape index (κ3) is 2.35. The number of likely N-dealkylation sites (tertiary alicyclic amines) is 1. The molecule has 0 N–H and O–H groups in total. The second kappa shape index (κ2) is 7.19. The van der Waals surface area contributed by atoms with Gasteiger partial charge in [0, 0.05) is 41.0 Å². The molecule has 0 radical (unpaired) electrons. The van der Waals surface area contributed by atoms with Crippen molar-refractivity contribution in [1.29, 1.82) is 0 Å². The molecule has 2 heterocycles. The highest BCUT2D eigenvalue weighted by molar-refractivity contribution is 5.68. The Morgan fingerprint density at radius 3 is 2.79 bits per heavy atom. The van der Waals surface area contributed by atoms with Gasteiger partial charge in [-0.05, 0) is 56.8 Å². The third-order valence-electron chi connectivity index (χ3n) is 10.5. The molecule has 178 valence electrons. The van der Waals surface area contributed by atoms with E-state index in [0.29, 0.717) is 25.2 Å². The maximum absolute atomic E-state index is 7.08. The lowest BCUT2D eigenvalue weighted by Gasteiger charge is -2.73. The van der Waals surface area contributed by atoms with Gasteiger partial charge in [0.25, 0.3) is 0 Å². The standard InChI is InChI=1S/C30H35NO3/c1-4-21-10-11-22-16-24-28-12-13-30(32-3,23(17-28)19-33-18-20-8-6-5-7-9-20)27-29(28,14-15-31(24)2)25(22)26(21)34-27/h4-11,23-24,27H,1,12-19H2,2-3H3/t23?,24-,27-,28-,29+,30-/m1/s1. The molecule has 0 amide bonds. The highest BCUT2D eigenvalue weighted by Gasteiger charge is 2.80. The van der Waals surface area contributed by atoms with Crippen LogP contribution in [0.1, 0.15) is 47.9 Å². The van der Waals surface area contributed by atoms with Crippen LogP contribution in [0.2, 0.25) is 0 Å². The molecule has 4 bridgehead atoms. The molecule has 6 atom stereocenters. The van der Waals surface area contributed by atoms with Crippen LogP contribution in [0.15, 0.2) is 49.0 Å². The van der Waals surface area contributed by atoms with E-state index in [0.717, 1.165) is 43.5 Å². The number of benzene rings is 2. The maximum Gasteiger partial charge on any atom is 0.138 e. The molecule has 4 fully saturated rings. The Balaban J connectivity index is 1.33. The van der Waals surface area contributed by atoms with Crippen LogP contribution in [-0.2, 0) is 27.9 Å². The number of hydrogen-bond acceptors (Lipinski definition) is 4. The lowest BCUT2D eigenvalue weighted by Crippen LogP contribution is -2.81. The molecule has 4 aliphatic carbocycles. The first-order valence-corrected chi connectivity index (χ1v) is 12.9. The number of fused-ring (bicyclic) bond motifs is 2. The van der Waals surface area contributed by atoms with E-state index in [4.69, 9.17) is 14.2 Å². The molecule has 4 nitrogen and oxygen atoms in total. The van der Waals surface area contributed by atoms with Gasteiger partial charge in [0.05, 0.1) is 13.2 Å². The summed E-state index contributed by atoms with van der Waals surface area (Å²) in [6.45, 7) is 6.60. The molecule has 1 unspecified atom stereocenters. The summed E-state index contributed by atoms with van der Waals surface area (Å²) < 4.78 is 20.1. The fourth-order valence-corrected chi connectivity index (χ4v) is 9.11. The SMILES string of the molecule is C=Cc1ccc2c3c1O[C@@H]1[C@]34CCN(C)[C@H](C2)[C@]42CC[C@@]1(OC)C(COCc1ccccc1)C2. The molecule has 3 saturated carbocycles. The zero-order chi connectivity index (χ0) is 23.1. The van der Waals surface area contributed by atoms with E-state index in [1.807, 2.05) is 13.2 Å². The summed E-state index contributed by atoms with van der Waals surface area (Å²) >= 11 is 0. The van der Waals surface area contributed by atoms with Gasteiger partial charge >= 0.3 is 0 Å². The van der Waals surface area contributed by atoms with Crippen molar-refractivity contribution in [3.8, 4) is 5.75 Å². The second-order valence-corrected chi connectivity index (χ2v) is 11.4. The first-order valence-electron chi connectivity index (χ1n) is 12.9. The van der Waals surface area contributed by atoms with Crippen molar-refractivity contribution in [2.24, 2.45) is 11.3 Å². The number of rotatable bonds is 6. The first-order chi connectivity index (χ1) is 16.6. The Bertz CT molecular complexity index is 1150. The minimum atomic E-state index is -0.315. The van der Waals surface area contributed by atoms with Gasteiger partial charge in [-0.25, -0.2) is 0 Å². The van der Waals surface area contributed by atoms with Gasteiger partial charge in [-0.1, -0.05) is 55.1 Å². The van der Waals surface area contributed by atoms with Gasteiger partial charge in [-0.2, -0.15) is 0 Å². The molecule has 8 rings (SSSR count). The summed E-state index contributed by atoms with van der Waals surface area (Å²) in [6.07, 6.45) is 7.69. The molecule has 1 saturated heterocycles. The molecule has 4 heteroatoms. The fraction of sp³-hybridized carbons (Fsp3) is 0.533. The summed E-state index contributed by atoms with van der Waals surface area (Å²) in [5, 5.41) is 0. The number of hydrogen-bond donors (Lipinski definition) is 0. The lowest BCUT2D eigenvalue weighted by molar-refractivity contribution is -0.282. The van der Waals surface area contributed by atoms with Crippen LogP contribution in [-0.4, -0.2) is 50.0 Å². The molecular formula is C30H35NO3. The van der Waals surface area contributed by atoms with Crippen LogP contribution < -0.4 is 4.74 Å². The van der Waals surface area contributed by atoms with Crippen molar-refractivity contribution in [3.05, 3.63) is 71.3 Å². The van der Waals surface area contributed by atoms with Gasteiger partial charge in [0.2, 0.25) is 0 Å². The number of piperidine rings is 1. The van der Waals surface area contributed by atoms with Crippen molar-refractivity contribution in [1.82, 2.24) is 4.90 Å². The van der Waals surface area contributed by atoms with Crippen molar-refractivity contribution >= 4 is 6.08 Å². The maximum atomic E-state index is 7.08. The van der Waals surface area contributed by atoms with Gasteiger partial charge in [0.1, 0.15) is 17.5 Å². The van der Waals surface area contributed by atoms with Crippen molar-refractivity contribution in [3.63, 3.8) is 0 Å². The van der Waals surface area contributed by atoms with Gasteiger partial charge < -0.3 is 19.1 Å². The second-order valence-electron chi connectivity index (χ2n) is 11.4. The lowest BCUT2D eigenvalue weighted by atomic mass is 9.35. The quantitative estimate of drug-likeness (QED) is 0.612. The smallest absolute Gasteiger partial charge is 0.138 e. The minimum Gasteiger partial charge on any atom is -0.485 e. The van der Waals surface area contributed by atoms with E-state index < -0.39 is 0 Å². The average Bonchev–Trinajstić information content (AvgIpc) is 3.24. The predicted octanol–water partition coefficient (Wildman–Crippen LogP) is 4.99. The number of nitrogens with zero attached hydrogens (tertiary/aromatic N) is 1. The Morgan fingerprint density at radius 2 is 2.00 bits per heavy atom. The van der Waals surface area contributed by atoms with Crippen molar-refractivity contribution in [2.75, 3.05) is 27.3 Å². The molecule has 34 heavy (non-hydrogen) atoms. The van der Waals surface area contributed by atoms with Crippen LogP contribution in [0, 0.1) is 11.3 Å². The topological polar surface area (TPSA) is 30.9 Å². The van der Waals surface area contributed by atoms with Crippen molar-refractivity contribution < 1.29 is 14.2 Å². The van der Waals surface area contributed by atoms with Gasteiger partial charge in [0.15, 0.2) is 0 Å². The van der Waals surface area contributed by atoms with Crippen LogP contribution >= 0.6 is 0 Å². The molecule has 2 spiro atoms. The van der Waals surface area contributed by atoms with Crippen LogP contribution in [0.25, 0.3) is 6.08 Å². The first kappa shape index (κ1) is 21.2. The minimum absolute atomic E-state index is 0.0380. The summed E-state index contributed by atoms with van der Waals surface area (Å²) in [5.41, 5.74) is 5.29. The van der Waals surface area contributed by atoms with E-state index >= 15 is 0 Å². The predicted molar refractivity (Wildman–Crippen MR) is 133 cm³/mol. The monoisotopic (exact) mass is 457 g/mol. The van der Waals surface area contributed by atoms with Crippen LogP contribution in [0.3, 0.4) is 0 Å². The van der Waals surface area contributed by atoms with Gasteiger partial charge in [-0.3, -0.25) is 0 Å². The normalized spacial score (nSPS) is 38.9. The van der Waals surface area contributed by atoms with Crippen LogP contribution in [0.5, 0.6) is 5.75 Å². The molecule has 2 aromatic carbocycles. The van der Waals surface area contributed by atoms with Gasteiger partial charge in [-0.15, -0.1) is 0 Å². The van der Waals surface area contributed by atoms with Crippen molar-refractivity contribution in [2.45, 2.75) is 61.9 Å². The average molecular weight is 458 g/mol. The molecular weight excluding hydrogens is 422 g/mol. The van der Waals surface area contributed by atoms with E-state index in [1.54, 1.807) is 0 Å². The Morgan fingerprint density at radius 1 is 1.15 bits per heavy atom. The summed E-state index contributed by atoms with van der Waals surface area (Å²) in [6, 6.07) is 15.6. The number of likely N-dealkylation sites (N-methyl/N-ethyl adjacent to an activating group) is 1. The third-order valence-corrected chi connectivity index (χ3v) is 10.5. The Kier molecular flexibility index (Phi) is 4.48. The number of ether oxygens (including phenoxy) is 3.